The van der Waals surface area contributed by atoms with Crippen LogP contribution in [0.4, 0.5) is 0 Å². The van der Waals surface area contributed by atoms with Gasteiger partial charge in [0.25, 0.3) is 0 Å². The summed E-state index contributed by atoms with van der Waals surface area (Å²) in [5, 5.41) is 3.20. The summed E-state index contributed by atoms with van der Waals surface area (Å²) in [6.07, 6.45) is 1.64. The monoisotopic (exact) mass is 186 g/mol. The Labute approximate surface area is 75.3 Å². The molecule has 0 spiro atoms. The van der Waals surface area contributed by atoms with E-state index in [1.54, 1.807) is 13.1 Å². The van der Waals surface area contributed by atoms with Crippen molar-refractivity contribution in [2.45, 2.75) is 13.5 Å². The van der Waals surface area contributed by atoms with Gasteiger partial charge in [-0.3, -0.25) is 0 Å². The zero-order valence-corrected chi connectivity index (χ0v) is 7.44. The van der Waals surface area contributed by atoms with Gasteiger partial charge in [-0.15, -0.1) is 0 Å². The molecule has 0 radical (unpaired) electrons. The summed E-state index contributed by atoms with van der Waals surface area (Å²) >= 11 is 4.75. The van der Waals surface area contributed by atoms with Crippen molar-refractivity contribution in [3.05, 3.63) is 17.8 Å². The van der Waals surface area contributed by atoms with E-state index in [0.717, 1.165) is 5.76 Å². The molecule has 0 aliphatic rings. The second-order valence-electron chi connectivity index (χ2n) is 2.17. The Morgan fingerprint density at radius 3 is 3.08 bits per heavy atom. The third kappa shape index (κ3) is 2.48. The van der Waals surface area contributed by atoms with Crippen molar-refractivity contribution >= 4 is 17.3 Å². The first-order valence-corrected chi connectivity index (χ1v) is 3.79. The normalized spacial score (nSPS) is 9.50. The second kappa shape index (κ2) is 4.03. The first-order valence-electron chi connectivity index (χ1n) is 3.38. The van der Waals surface area contributed by atoms with Crippen molar-refractivity contribution in [2.24, 2.45) is 5.84 Å². The van der Waals surface area contributed by atoms with Crippen LogP contribution < -0.4 is 16.6 Å². The zero-order chi connectivity index (χ0) is 8.97. The van der Waals surface area contributed by atoms with Crippen molar-refractivity contribution in [3.8, 4) is 0 Å². The molecule has 1 rings (SSSR count). The third-order valence-corrected chi connectivity index (χ3v) is 1.49. The number of oxazole rings is 1. The Kier molecular flexibility index (Phi) is 3.01. The Balaban J connectivity index is 2.38. The number of aryl methyl sites for hydroxylation is 1. The molecule has 0 aliphatic carbocycles. The van der Waals surface area contributed by atoms with Crippen LogP contribution in [0.25, 0.3) is 0 Å². The summed E-state index contributed by atoms with van der Waals surface area (Å²) in [5.41, 5.74) is 2.30. The van der Waals surface area contributed by atoms with Crippen LogP contribution in [-0.2, 0) is 6.54 Å². The Morgan fingerprint density at radius 2 is 2.58 bits per heavy atom. The maximum atomic E-state index is 5.18. The first-order chi connectivity index (χ1) is 5.72. The van der Waals surface area contributed by atoms with Gasteiger partial charge in [-0.1, -0.05) is 0 Å². The lowest BCUT2D eigenvalue weighted by atomic mass is 10.5. The smallest absolute Gasteiger partial charge is 0.191 e. The van der Waals surface area contributed by atoms with Crippen LogP contribution >= 0.6 is 12.2 Å². The van der Waals surface area contributed by atoms with E-state index in [4.69, 9.17) is 22.5 Å². The van der Waals surface area contributed by atoms with Crippen molar-refractivity contribution < 1.29 is 4.42 Å². The van der Waals surface area contributed by atoms with Crippen LogP contribution in [-0.4, -0.2) is 10.1 Å². The van der Waals surface area contributed by atoms with E-state index in [1.165, 1.54) is 0 Å². The highest BCUT2D eigenvalue weighted by Gasteiger charge is 1.99. The van der Waals surface area contributed by atoms with Crippen molar-refractivity contribution in [1.29, 1.82) is 0 Å². The Morgan fingerprint density at radius 1 is 1.83 bits per heavy atom. The average molecular weight is 186 g/mol. The van der Waals surface area contributed by atoms with Gasteiger partial charge in [0.15, 0.2) is 11.0 Å². The fourth-order valence-corrected chi connectivity index (χ4v) is 0.778. The Bertz CT molecular complexity index is 272. The summed E-state index contributed by atoms with van der Waals surface area (Å²) in [6.45, 7) is 2.27. The number of nitrogens with zero attached hydrogens (tertiary/aromatic N) is 1. The van der Waals surface area contributed by atoms with Gasteiger partial charge in [-0.05, 0) is 12.2 Å². The van der Waals surface area contributed by atoms with Gasteiger partial charge in [0.2, 0.25) is 0 Å². The van der Waals surface area contributed by atoms with Crippen LogP contribution in [0.2, 0.25) is 0 Å². The summed E-state index contributed by atoms with van der Waals surface area (Å²) in [5.74, 6) is 6.41. The molecule has 12 heavy (non-hydrogen) atoms. The van der Waals surface area contributed by atoms with Crippen molar-refractivity contribution in [2.75, 3.05) is 0 Å². The average Bonchev–Trinajstić information content (AvgIpc) is 2.47. The van der Waals surface area contributed by atoms with Crippen LogP contribution in [0.15, 0.2) is 10.6 Å². The highest BCUT2D eigenvalue weighted by atomic mass is 32.1. The topological polar surface area (TPSA) is 76.1 Å². The van der Waals surface area contributed by atoms with Crippen molar-refractivity contribution in [1.82, 2.24) is 15.7 Å². The van der Waals surface area contributed by atoms with Gasteiger partial charge in [0.05, 0.1) is 12.7 Å². The van der Waals surface area contributed by atoms with Crippen molar-refractivity contribution in [3.63, 3.8) is 0 Å². The van der Waals surface area contributed by atoms with Gasteiger partial charge in [0.1, 0.15) is 5.76 Å². The molecule has 6 heteroatoms. The number of hydrazine groups is 1. The van der Waals surface area contributed by atoms with Crippen LogP contribution in [0, 0.1) is 6.92 Å². The van der Waals surface area contributed by atoms with E-state index in [2.05, 4.69) is 15.7 Å². The number of nitrogens with one attached hydrogen (secondary N) is 2. The largest absolute Gasteiger partial charge is 0.444 e. The lowest BCUT2D eigenvalue weighted by Gasteiger charge is -2.02. The van der Waals surface area contributed by atoms with Gasteiger partial charge in [-0.2, -0.15) is 0 Å². The molecule has 1 heterocycles. The first kappa shape index (κ1) is 8.95. The van der Waals surface area contributed by atoms with E-state index in [0.29, 0.717) is 17.5 Å². The Hall–Kier alpha value is -1.14. The van der Waals surface area contributed by atoms with Crippen LogP contribution in [0.5, 0.6) is 0 Å². The lowest BCUT2D eigenvalue weighted by molar-refractivity contribution is 0.469. The summed E-state index contributed by atoms with van der Waals surface area (Å²) in [4.78, 5) is 3.92. The molecule has 0 unspecified atom stereocenters. The number of hydrogen-bond acceptors (Lipinski definition) is 4. The van der Waals surface area contributed by atoms with Gasteiger partial charge in [0, 0.05) is 6.92 Å². The van der Waals surface area contributed by atoms with Gasteiger partial charge in [-0.25, -0.2) is 10.8 Å². The molecule has 66 valence electrons. The highest BCUT2D eigenvalue weighted by Crippen LogP contribution is 2.00. The third-order valence-electron chi connectivity index (χ3n) is 1.22. The van der Waals surface area contributed by atoms with E-state index < -0.39 is 0 Å². The standard InChI is InChI=1S/C6H10N4OS/c1-4-8-2-5(11-4)3-9-6(12)10-7/h2H,3,7H2,1H3,(H2,9,10,12). The molecule has 1 aromatic heterocycles. The van der Waals surface area contributed by atoms with Gasteiger partial charge < -0.3 is 15.2 Å². The van der Waals surface area contributed by atoms with Gasteiger partial charge >= 0.3 is 0 Å². The summed E-state index contributed by atoms with van der Waals surface area (Å²) < 4.78 is 5.18. The summed E-state index contributed by atoms with van der Waals surface area (Å²) in [7, 11) is 0. The molecular formula is C6H10N4OS. The molecule has 1 aromatic rings. The minimum absolute atomic E-state index is 0.379. The number of hydrogen-bond donors (Lipinski definition) is 3. The highest BCUT2D eigenvalue weighted by molar-refractivity contribution is 7.80. The molecule has 0 aliphatic heterocycles. The lowest BCUT2D eigenvalue weighted by Crippen LogP contribution is -2.39. The molecule has 0 saturated heterocycles. The number of nitrogens with two attached hydrogens (primary N) is 1. The molecule has 0 fully saturated rings. The SMILES string of the molecule is Cc1ncc(CNC(=S)NN)o1. The van der Waals surface area contributed by atoms with E-state index in [1.807, 2.05) is 0 Å². The molecule has 0 amide bonds. The molecule has 0 bridgehead atoms. The predicted octanol–water partition coefficient (Wildman–Crippen LogP) is -0.179. The molecule has 5 nitrogen and oxygen atoms in total. The second-order valence-corrected chi connectivity index (χ2v) is 2.58. The molecular weight excluding hydrogens is 176 g/mol. The number of aromatic nitrogens is 1. The van der Waals surface area contributed by atoms with E-state index >= 15 is 0 Å². The van der Waals surface area contributed by atoms with E-state index in [9.17, 15) is 0 Å². The maximum Gasteiger partial charge on any atom is 0.191 e. The number of thiocarbonyl (C=S) groups is 1. The minimum Gasteiger partial charge on any atom is -0.444 e. The molecule has 0 saturated carbocycles. The summed E-state index contributed by atoms with van der Waals surface area (Å²) in [6, 6.07) is 0. The maximum absolute atomic E-state index is 5.18. The molecule has 4 N–H and O–H groups in total. The fourth-order valence-electron chi connectivity index (χ4n) is 0.705. The number of rotatable bonds is 2. The quantitative estimate of drug-likeness (QED) is 0.338. The molecule has 0 aromatic carbocycles. The fraction of sp³-hybridized carbons (Fsp3) is 0.333. The van der Waals surface area contributed by atoms with Crippen LogP contribution in [0.3, 0.4) is 0 Å². The van der Waals surface area contributed by atoms with E-state index in [-0.39, 0.29) is 0 Å². The molecule has 0 atom stereocenters. The minimum atomic E-state index is 0.379. The predicted molar refractivity (Wildman–Crippen MR) is 48.0 cm³/mol. The van der Waals surface area contributed by atoms with Crippen LogP contribution in [0.1, 0.15) is 11.7 Å². The zero-order valence-electron chi connectivity index (χ0n) is 6.63.